The number of aldehydes is 1. The summed E-state index contributed by atoms with van der Waals surface area (Å²) in [6, 6.07) is 0. The zero-order chi connectivity index (χ0) is 12.5. The number of nitrogens with zero attached hydrogens (tertiary/aromatic N) is 1. The monoisotopic (exact) mass is 246 g/mol. The Bertz CT molecular complexity index is 444. The van der Waals surface area contributed by atoms with Crippen molar-refractivity contribution < 1.29 is 4.79 Å². The molecule has 0 atom stereocenters. The number of hydrogen-bond acceptors (Lipinski definition) is 2. The lowest BCUT2D eigenvalue weighted by molar-refractivity contribution is 0.112. The summed E-state index contributed by atoms with van der Waals surface area (Å²) < 4.78 is 0. The van der Waals surface area contributed by atoms with Crippen LogP contribution in [0.1, 0.15) is 65.3 Å². The molecule has 1 aliphatic carbocycles. The second-order valence-corrected chi connectivity index (χ2v) is 5.85. The molecule has 0 saturated heterocycles. The van der Waals surface area contributed by atoms with Gasteiger partial charge in [-0.2, -0.15) is 0 Å². The van der Waals surface area contributed by atoms with Crippen molar-refractivity contribution >= 4 is 6.29 Å². The summed E-state index contributed by atoms with van der Waals surface area (Å²) in [5.74, 6) is 0.592. The van der Waals surface area contributed by atoms with Crippen LogP contribution in [0.5, 0.6) is 0 Å². The van der Waals surface area contributed by atoms with Crippen molar-refractivity contribution in [3.63, 3.8) is 0 Å². The van der Waals surface area contributed by atoms with Crippen LogP contribution in [0.15, 0.2) is 0 Å². The highest BCUT2D eigenvalue weighted by Gasteiger charge is 2.26. The molecule has 1 fully saturated rings. The molecule has 0 aromatic carbocycles. The summed E-state index contributed by atoms with van der Waals surface area (Å²) in [5.41, 5.74) is 4.79. The highest BCUT2D eigenvalue weighted by molar-refractivity contribution is 5.80. The summed E-state index contributed by atoms with van der Waals surface area (Å²) in [4.78, 5) is 17.4. The number of aromatic nitrogens is 1. The maximum Gasteiger partial charge on any atom is 0.152 e. The molecule has 0 radical (unpaired) electrons. The number of fused-ring (bicyclic) bond motifs is 1. The lowest BCUT2D eigenvalue weighted by Gasteiger charge is -2.22. The first kappa shape index (κ1) is 12.0. The number of aromatic amines is 1. The van der Waals surface area contributed by atoms with Gasteiger partial charge in [0, 0.05) is 36.5 Å². The molecule has 3 nitrogen and oxygen atoms in total. The molecule has 3 rings (SSSR count). The maximum atomic E-state index is 11.5. The summed E-state index contributed by atoms with van der Waals surface area (Å²) in [6.45, 7) is 2.02. The van der Waals surface area contributed by atoms with Crippen molar-refractivity contribution in [2.75, 3.05) is 13.6 Å². The van der Waals surface area contributed by atoms with Crippen molar-refractivity contribution in [3.8, 4) is 0 Å². The predicted molar refractivity (Wildman–Crippen MR) is 72.0 cm³/mol. The highest BCUT2D eigenvalue weighted by atomic mass is 16.1. The predicted octanol–water partition coefficient (Wildman–Crippen LogP) is 2.86. The third-order valence-electron chi connectivity index (χ3n) is 4.57. The fourth-order valence-corrected chi connectivity index (χ4v) is 3.52. The number of hydrogen-bond donors (Lipinski definition) is 1. The van der Waals surface area contributed by atoms with Gasteiger partial charge in [-0.05, 0) is 31.4 Å². The van der Waals surface area contributed by atoms with E-state index in [1.165, 1.54) is 49.1 Å². The fourth-order valence-electron chi connectivity index (χ4n) is 3.52. The van der Waals surface area contributed by atoms with Gasteiger partial charge in [-0.15, -0.1) is 0 Å². The van der Waals surface area contributed by atoms with E-state index in [0.29, 0.717) is 5.92 Å². The minimum absolute atomic E-state index is 0.592. The van der Waals surface area contributed by atoms with E-state index >= 15 is 0 Å². The van der Waals surface area contributed by atoms with Crippen LogP contribution in [-0.4, -0.2) is 29.8 Å². The molecule has 18 heavy (non-hydrogen) atoms. The normalized spacial score (nSPS) is 21.8. The SMILES string of the molecule is CN1CCc2[nH]c(C3CCCCC3)c(C=O)c2C1. The minimum atomic E-state index is 0.592. The molecule has 0 amide bonds. The van der Waals surface area contributed by atoms with Crippen LogP contribution in [0.3, 0.4) is 0 Å². The van der Waals surface area contributed by atoms with Crippen molar-refractivity contribution in [2.24, 2.45) is 0 Å². The lowest BCUT2D eigenvalue weighted by atomic mass is 9.85. The second kappa shape index (κ2) is 4.88. The van der Waals surface area contributed by atoms with Gasteiger partial charge < -0.3 is 9.88 Å². The smallest absolute Gasteiger partial charge is 0.152 e. The molecule has 2 aliphatic rings. The van der Waals surface area contributed by atoms with Crippen LogP contribution in [0, 0.1) is 0 Å². The second-order valence-electron chi connectivity index (χ2n) is 5.85. The number of rotatable bonds is 2. The lowest BCUT2D eigenvalue weighted by Crippen LogP contribution is -2.26. The number of likely N-dealkylation sites (N-methyl/N-ethyl adjacent to an activating group) is 1. The van der Waals surface area contributed by atoms with E-state index in [4.69, 9.17) is 0 Å². The van der Waals surface area contributed by atoms with Gasteiger partial charge >= 0.3 is 0 Å². The fraction of sp³-hybridized carbons (Fsp3) is 0.667. The molecule has 0 bridgehead atoms. The van der Waals surface area contributed by atoms with E-state index in [1.807, 2.05) is 0 Å². The van der Waals surface area contributed by atoms with Crippen LogP contribution >= 0.6 is 0 Å². The molecular formula is C15H22N2O. The first-order valence-electron chi connectivity index (χ1n) is 7.17. The van der Waals surface area contributed by atoms with Gasteiger partial charge in [0.05, 0.1) is 0 Å². The number of nitrogens with one attached hydrogen (secondary N) is 1. The van der Waals surface area contributed by atoms with Gasteiger partial charge in [-0.1, -0.05) is 19.3 Å². The maximum absolute atomic E-state index is 11.5. The van der Waals surface area contributed by atoms with Crippen LogP contribution in [0.4, 0.5) is 0 Å². The summed E-state index contributed by atoms with van der Waals surface area (Å²) in [5, 5.41) is 0. The molecule has 98 valence electrons. The zero-order valence-electron chi connectivity index (χ0n) is 11.2. The molecule has 1 aromatic rings. The molecule has 1 saturated carbocycles. The molecule has 3 heteroatoms. The summed E-state index contributed by atoms with van der Waals surface area (Å²) in [6.07, 6.45) is 8.61. The van der Waals surface area contributed by atoms with Crippen LogP contribution < -0.4 is 0 Å². The topological polar surface area (TPSA) is 36.1 Å². The van der Waals surface area contributed by atoms with E-state index < -0.39 is 0 Å². The van der Waals surface area contributed by atoms with E-state index in [1.54, 1.807) is 0 Å². The quantitative estimate of drug-likeness (QED) is 0.815. The van der Waals surface area contributed by atoms with Crippen LogP contribution in [-0.2, 0) is 13.0 Å². The van der Waals surface area contributed by atoms with Gasteiger partial charge in [-0.25, -0.2) is 0 Å². The third-order valence-corrected chi connectivity index (χ3v) is 4.57. The van der Waals surface area contributed by atoms with E-state index in [9.17, 15) is 4.79 Å². The van der Waals surface area contributed by atoms with Gasteiger partial charge in [0.2, 0.25) is 0 Å². The van der Waals surface area contributed by atoms with E-state index in [-0.39, 0.29) is 0 Å². The summed E-state index contributed by atoms with van der Waals surface area (Å²) >= 11 is 0. The van der Waals surface area contributed by atoms with Crippen molar-refractivity contribution in [1.82, 2.24) is 9.88 Å². The first-order chi connectivity index (χ1) is 8.79. The molecule has 0 spiro atoms. The third kappa shape index (κ3) is 2.01. The zero-order valence-corrected chi connectivity index (χ0v) is 11.2. The van der Waals surface area contributed by atoms with Gasteiger partial charge in [0.25, 0.3) is 0 Å². The Hall–Kier alpha value is -1.09. The van der Waals surface area contributed by atoms with E-state index in [2.05, 4.69) is 16.9 Å². The van der Waals surface area contributed by atoms with Crippen molar-refractivity contribution in [1.29, 1.82) is 0 Å². The number of carbonyl (C=O) groups excluding carboxylic acids is 1. The van der Waals surface area contributed by atoms with Crippen LogP contribution in [0.2, 0.25) is 0 Å². The Morgan fingerprint density at radius 3 is 2.78 bits per heavy atom. The Kier molecular flexibility index (Phi) is 3.25. The van der Waals surface area contributed by atoms with Crippen LogP contribution in [0.25, 0.3) is 0 Å². The number of H-pyrrole nitrogens is 1. The Labute approximate surface area is 109 Å². The van der Waals surface area contributed by atoms with E-state index in [0.717, 1.165) is 31.4 Å². The summed E-state index contributed by atoms with van der Waals surface area (Å²) in [7, 11) is 2.13. The highest BCUT2D eigenvalue weighted by Crippen LogP contribution is 2.36. The van der Waals surface area contributed by atoms with Gasteiger partial charge in [-0.3, -0.25) is 4.79 Å². The standard InChI is InChI=1S/C15H22N2O/c1-17-8-7-14-12(9-17)13(10-18)15(16-14)11-5-3-2-4-6-11/h10-11,16H,2-9H2,1H3. The Balaban J connectivity index is 1.96. The van der Waals surface area contributed by atoms with Gasteiger partial charge in [0.15, 0.2) is 6.29 Å². The number of carbonyl (C=O) groups is 1. The first-order valence-corrected chi connectivity index (χ1v) is 7.17. The molecule has 1 aromatic heterocycles. The average molecular weight is 246 g/mol. The van der Waals surface area contributed by atoms with Crippen molar-refractivity contribution in [2.45, 2.75) is 51.0 Å². The molecule has 2 heterocycles. The molecular weight excluding hydrogens is 224 g/mol. The largest absolute Gasteiger partial charge is 0.361 e. The minimum Gasteiger partial charge on any atom is -0.361 e. The Morgan fingerprint density at radius 1 is 1.28 bits per heavy atom. The van der Waals surface area contributed by atoms with Crippen molar-refractivity contribution in [3.05, 3.63) is 22.5 Å². The van der Waals surface area contributed by atoms with Gasteiger partial charge in [0.1, 0.15) is 0 Å². The molecule has 1 N–H and O–H groups in total. The molecule has 1 aliphatic heterocycles. The Morgan fingerprint density at radius 2 is 2.06 bits per heavy atom. The average Bonchev–Trinajstić information content (AvgIpc) is 2.77. The molecule has 0 unspecified atom stereocenters.